The predicted molar refractivity (Wildman–Crippen MR) is 140 cm³/mol. The highest BCUT2D eigenvalue weighted by atomic mass is 35.5. The molecule has 1 aromatic heterocycles. The van der Waals surface area contributed by atoms with Crippen LogP contribution in [0.25, 0.3) is 0 Å². The smallest absolute Gasteiger partial charge is 0.410 e. The van der Waals surface area contributed by atoms with Gasteiger partial charge >= 0.3 is 12.1 Å². The first kappa shape index (κ1) is 28.2. The lowest BCUT2D eigenvalue weighted by atomic mass is 9.96. The van der Waals surface area contributed by atoms with Crippen LogP contribution in [0, 0.1) is 5.92 Å². The van der Waals surface area contributed by atoms with Crippen LogP contribution in [-0.2, 0) is 25.5 Å². The van der Waals surface area contributed by atoms with Gasteiger partial charge < -0.3 is 25.0 Å². The number of hydrogen-bond acceptors (Lipinski definition) is 8. The number of carbonyl (C=O) groups excluding carboxylic acids is 3. The van der Waals surface area contributed by atoms with E-state index in [2.05, 4.69) is 20.6 Å². The first-order valence-corrected chi connectivity index (χ1v) is 12.7. The number of ether oxygens (including phenoxy) is 2. The molecule has 1 atom stereocenters. The maximum absolute atomic E-state index is 12.8. The number of nitrogens with zero attached hydrogens (tertiary/aromatic N) is 3. The number of nitrogens with one attached hydrogen (secondary N) is 2. The van der Waals surface area contributed by atoms with Gasteiger partial charge in [0.25, 0.3) is 0 Å². The molecule has 0 saturated carbocycles. The van der Waals surface area contributed by atoms with Gasteiger partial charge in [0.15, 0.2) is 11.0 Å². The monoisotopic (exact) mass is 531 g/mol. The van der Waals surface area contributed by atoms with Crippen molar-refractivity contribution in [2.75, 3.05) is 30.3 Å². The topological polar surface area (TPSA) is 123 Å². The molecule has 37 heavy (non-hydrogen) atoms. The Morgan fingerprint density at radius 2 is 1.76 bits per heavy atom. The van der Waals surface area contributed by atoms with Crippen molar-refractivity contribution in [3.63, 3.8) is 0 Å². The molecule has 1 aliphatic rings. The minimum atomic E-state index is -0.718. The average Bonchev–Trinajstić information content (AvgIpc) is 2.85. The molecule has 11 heteroatoms. The molecule has 0 unspecified atom stereocenters. The molecule has 1 aromatic carbocycles. The summed E-state index contributed by atoms with van der Waals surface area (Å²) in [6.07, 6.45) is 4.06. The summed E-state index contributed by atoms with van der Waals surface area (Å²) in [5.74, 6) is -0.407. The second-order valence-electron chi connectivity index (χ2n) is 9.78. The van der Waals surface area contributed by atoms with Crippen molar-refractivity contribution in [2.45, 2.75) is 58.6 Å². The number of piperidine rings is 1. The number of esters is 1. The number of likely N-dealkylation sites (tertiary alicyclic amines) is 1. The van der Waals surface area contributed by atoms with E-state index in [0.29, 0.717) is 43.9 Å². The Morgan fingerprint density at radius 3 is 2.35 bits per heavy atom. The first-order chi connectivity index (χ1) is 17.6. The zero-order chi connectivity index (χ0) is 27.0. The summed E-state index contributed by atoms with van der Waals surface area (Å²) in [6.45, 7) is 8.43. The van der Waals surface area contributed by atoms with Gasteiger partial charge in [-0.15, -0.1) is 0 Å². The lowest BCUT2D eigenvalue weighted by Crippen LogP contribution is -2.43. The number of halogens is 1. The zero-order valence-corrected chi connectivity index (χ0v) is 22.4. The second kappa shape index (κ2) is 12.7. The summed E-state index contributed by atoms with van der Waals surface area (Å²) >= 11 is 6.08. The fourth-order valence-electron chi connectivity index (χ4n) is 3.87. The molecule has 3 rings (SSSR count). The van der Waals surface area contributed by atoms with E-state index in [-0.39, 0.29) is 29.7 Å². The van der Waals surface area contributed by atoms with Gasteiger partial charge in [-0.25, -0.2) is 19.6 Å². The summed E-state index contributed by atoms with van der Waals surface area (Å²) in [4.78, 5) is 47.3. The molecule has 0 radical (unpaired) electrons. The highest BCUT2D eigenvalue weighted by Gasteiger charge is 2.30. The van der Waals surface area contributed by atoms with Gasteiger partial charge in [-0.05, 0) is 58.2 Å². The van der Waals surface area contributed by atoms with E-state index in [1.54, 1.807) is 24.0 Å². The van der Waals surface area contributed by atoms with Gasteiger partial charge in [0.1, 0.15) is 11.6 Å². The SMILES string of the molecule is CCOC(=O)[C@H](Cc1ccc(NC(=O)C2CCN(C(=O)OC(C)(C)C)CC2)cc1)Nc1nccnc1Cl. The quantitative estimate of drug-likeness (QED) is 0.483. The molecule has 0 aliphatic carbocycles. The lowest BCUT2D eigenvalue weighted by Gasteiger charge is -2.32. The molecular weight excluding hydrogens is 498 g/mol. The number of hydrogen-bond donors (Lipinski definition) is 2. The van der Waals surface area contributed by atoms with E-state index in [1.807, 2.05) is 32.9 Å². The molecule has 2 heterocycles. The Labute approximate surface area is 222 Å². The van der Waals surface area contributed by atoms with Gasteiger partial charge in [0, 0.05) is 43.5 Å². The van der Waals surface area contributed by atoms with E-state index in [0.717, 1.165) is 5.56 Å². The highest BCUT2D eigenvalue weighted by Crippen LogP contribution is 2.22. The summed E-state index contributed by atoms with van der Waals surface area (Å²) in [7, 11) is 0. The molecule has 1 saturated heterocycles. The van der Waals surface area contributed by atoms with Crippen molar-refractivity contribution < 1.29 is 23.9 Å². The van der Waals surface area contributed by atoms with Gasteiger partial charge in [-0.3, -0.25) is 4.79 Å². The summed E-state index contributed by atoms with van der Waals surface area (Å²) in [6, 6.07) is 6.55. The van der Waals surface area contributed by atoms with Crippen molar-refractivity contribution in [3.05, 3.63) is 47.4 Å². The van der Waals surface area contributed by atoms with Crippen LogP contribution in [0.1, 0.15) is 46.1 Å². The Morgan fingerprint density at radius 1 is 1.11 bits per heavy atom. The third-order valence-corrected chi connectivity index (χ3v) is 5.99. The van der Waals surface area contributed by atoms with Crippen LogP contribution in [0.5, 0.6) is 0 Å². The predicted octanol–water partition coefficient (Wildman–Crippen LogP) is 4.30. The number of anilines is 2. The van der Waals surface area contributed by atoms with Crippen molar-refractivity contribution in [1.29, 1.82) is 0 Å². The Bertz CT molecular complexity index is 1080. The molecule has 2 aromatic rings. The van der Waals surface area contributed by atoms with Crippen LogP contribution in [0.3, 0.4) is 0 Å². The largest absolute Gasteiger partial charge is 0.464 e. The van der Waals surface area contributed by atoms with E-state index < -0.39 is 17.6 Å². The third-order valence-electron chi connectivity index (χ3n) is 5.71. The van der Waals surface area contributed by atoms with E-state index in [9.17, 15) is 14.4 Å². The van der Waals surface area contributed by atoms with Gasteiger partial charge in [0.2, 0.25) is 5.91 Å². The van der Waals surface area contributed by atoms with Crippen molar-refractivity contribution in [3.8, 4) is 0 Å². The number of carbonyl (C=O) groups is 3. The molecular formula is C26H34ClN5O5. The molecule has 200 valence electrons. The van der Waals surface area contributed by atoms with Crippen LogP contribution in [0.15, 0.2) is 36.7 Å². The minimum absolute atomic E-state index is 0.0834. The highest BCUT2D eigenvalue weighted by molar-refractivity contribution is 6.31. The standard InChI is InChI=1S/C26H34ClN5O5/c1-5-36-24(34)20(31-22-21(27)28-12-13-29-22)16-17-6-8-19(9-7-17)30-23(33)18-10-14-32(15-11-18)25(35)37-26(2,3)4/h6-9,12-13,18,20H,5,10-11,14-16H2,1-4H3,(H,29,31)(H,30,33)/t20-/m0/s1. The van der Waals surface area contributed by atoms with Crippen LogP contribution >= 0.6 is 11.6 Å². The van der Waals surface area contributed by atoms with Gasteiger partial charge in [-0.1, -0.05) is 23.7 Å². The Balaban J connectivity index is 1.55. The number of rotatable bonds is 8. The molecule has 0 spiro atoms. The molecule has 2 amide bonds. The van der Waals surface area contributed by atoms with Crippen LogP contribution < -0.4 is 10.6 Å². The third kappa shape index (κ3) is 8.59. The fraction of sp³-hybridized carbons (Fsp3) is 0.500. The fourth-order valence-corrected chi connectivity index (χ4v) is 4.03. The maximum Gasteiger partial charge on any atom is 0.410 e. The van der Waals surface area contributed by atoms with Gasteiger partial charge in [-0.2, -0.15) is 0 Å². The Hall–Kier alpha value is -3.40. The average molecular weight is 532 g/mol. The maximum atomic E-state index is 12.8. The minimum Gasteiger partial charge on any atom is -0.464 e. The van der Waals surface area contributed by atoms with Gasteiger partial charge in [0.05, 0.1) is 6.61 Å². The number of amides is 2. The van der Waals surface area contributed by atoms with Crippen molar-refractivity contribution in [2.24, 2.45) is 5.92 Å². The van der Waals surface area contributed by atoms with E-state index >= 15 is 0 Å². The Kier molecular flexibility index (Phi) is 9.68. The normalized spacial score (nSPS) is 15.0. The summed E-state index contributed by atoms with van der Waals surface area (Å²) < 4.78 is 10.6. The van der Waals surface area contributed by atoms with Crippen LogP contribution in [0.4, 0.5) is 16.3 Å². The molecule has 1 fully saturated rings. The first-order valence-electron chi connectivity index (χ1n) is 12.3. The molecule has 0 bridgehead atoms. The van der Waals surface area contributed by atoms with Crippen LogP contribution in [-0.4, -0.2) is 64.2 Å². The lowest BCUT2D eigenvalue weighted by molar-refractivity contribution is -0.144. The molecule has 10 nitrogen and oxygen atoms in total. The van der Waals surface area contributed by atoms with Crippen molar-refractivity contribution >= 4 is 41.1 Å². The second-order valence-corrected chi connectivity index (χ2v) is 10.1. The number of aromatic nitrogens is 2. The summed E-state index contributed by atoms with van der Waals surface area (Å²) in [5.41, 5.74) is 0.960. The van der Waals surface area contributed by atoms with E-state index in [1.165, 1.54) is 12.4 Å². The molecule has 2 N–H and O–H groups in total. The van der Waals surface area contributed by atoms with E-state index in [4.69, 9.17) is 21.1 Å². The van der Waals surface area contributed by atoms with Crippen molar-refractivity contribution in [1.82, 2.24) is 14.9 Å². The zero-order valence-electron chi connectivity index (χ0n) is 21.6. The number of benzene rings is 1. The summed E-state index contributed by atoms with van der Waals surface area (Å²) in [5, 5.41) is 6.11. The van der Waals surface area contributed by atoms with Crippen LogP contribution in [0.2, 0.25) is 5.15 Å². The molecule has 1 aliphatic heterocycles.